The van der Waals surface area contributed by atoms with E-state index in [0.717, 1.165) is 21.6 Å². The number of aromatic nitrogens is 1. The maximum absolute atomic E-state index is 12.9. The fourth-order valence-corrected chi connectivity index (χ4v) is 3.21. The highest BCUT2D eigenvalue weighted by Crippen LogP contribution is 2.34. The summed E-state index contributed by atoms with van der Waals surface area (Å²) >= 11 is 1.56. The van der Waals surface area contributed by atoms with Crippen LogP contribution >= 0.6 is 11.3 Å². The third kappa shape index (κ3) is 3.56. The molecule has 1 N–H and O–H groups in total. The van der Waals surface area contributed by atoms with Gasteiger partial charge in [-0.3, -0.25) is 0 Å². The molecule has 114 valence electrons. The number of halogens is 3. The molecule has 0 radical (unpaired) electrons. The molecule has 0 aliphatic carbocycles. The zero-order valence-electron chi connectivity index (χ0n) is 12.3. The van der Waals surface area contributed by atoms with Gasteiger partial charge >= 0.3 is 6.18 Å². The van der Waals surface area contributed by atoms with Crippen molar-refractivity contribution < 1.29 is 13.2 Å². The van der Waals surface area contributed by atoms with E-state index in [4.69, 9.17) is 0 Å². The molecular weight excluding hydrogens is 297 g/mol. The molecule has 1 heterocycles. The number of hydrogen-bond donors (Lipinski definition) is 1. The normalized spacial score (nSPS) is 13.3. The first-order valence-electron chi connectivity index (χ1n) is 6.57. The first-order valence-corrected chi connectivity index (χ1v) is 7.38. The summed E-state index contributed by atoms with van der Waals surface area (Å²) in [6.07, 6.45) is -4.33. The topological polar surface area (TPSA) is 24.9 Å². The molecule has 2 rings (SSSR count). The summed E-state index contributed by atoms with van der Waals surface area (Å²) in [6, 6.07) is 4.24. The van der Waals surface area contributed by atoms with Gasteiger partial charge in [-0.2, -0.15) is 13.2 Å². The monoisotopic (exact) mass is 314 g/mol. The molecule has 0 fully saturated rings. The molecule has 0 saturated heterocycles. The van der Waals surface area contributed by atoms with Crippen LogP contribution in [0.1, 0.15) is 39.7 Å². The van der Waals surface area contributed by atoms with E-state index in [-0.39, 0.29) is 11.6 Å². The van der Waals surface area contributed by atoms with Gasteiger partial charge in [-0.15, -0.1) is 11.3 Å². The number of aryl methyl sites for hydroxylation is 3. The number of benzene rings is 1. The molecule has 2 aromatic rings. The van der Waals surface area contributed by atoms with E-state index in [9.17, 15) is 13.2 Å². The summed E-state index contributed by atoms with van der Waals surface area (Å²) in [5.74, 6) is 0. The van der Waals surface area contributed by atoms with E-state index in [1.807, 2.05) is 20.8 Å². The lowest BCUT2D eigenvalue weighted by Crippen LogP contribution is -2.10. The van der Waals surface area contributed by atoms with Crippen LogP contribution in [-0.4, -0.2) is 4.98 Å². The minimum Gasteiger partial charge on any atom is -0.378 e. The number of nitrogens with zero attached hydrogens (tertiary/aromatic N) is 1. The van der Waals surface area contributed by atoms with Gasteiger partial charge in [0.2, 0.25) is 0 Å². The minimum absolute atomic E-state index is 0.0833. The molecule has 0 saturated carbocycles. The molecule has 1 aromatic heterocycles. The summed E-state index contributed by atoms with van der Waals surface area (Å²) in [7, 11) is 0. The minimum atomic E-state index is -4.33. The van der Waals surface area contributed by atoms with E-state index in [0.29, 0.717) is 5.69 Å². The fraction of sp³-hybridized carbons (Fsp3) is 0.400. The summed E-state index contributed by atoms with van der Waals surface area (Å²) in [4.78, 5) is 5.39. The van der Waals surface area contributed by atoms with Crippen molar-refractivity contribution in [2.75, 3.05) is 5.32 Å². The summed E-state index contributed by atoms with van der Waals surface area (Å²) < 4.78 is 38.8. The Morgan fingerprint density at radius 2 is 1.86 bits per heavy atom. The quantitative estimate of drug-likeness (QED) is 0.836. The van der Waals surface area contributed by atoms with Crippen molar-refractivity contribution in [3.8, 4) is 0 Å². The second-order valence-electron chi connectivity index (χ2n) is 5.08. The third-order valence-corrected chi connectivity index (χ3v) is 4.51. The van der Waals surface area contributed by atoms with Gasteiger partial charge in [0, 0.05) is 10.6 Å². The Kier molecular flexibility index (Phi) is 4.27. The van der Waals surface area contributed by atoms with Crippen molar-refractivity contribution in [1.29, 1.82) is 0 Å². The SMILES string of the molecule is Cc1nc(C)c(C(C)Nc2ccc(C)c(C(F)(F)F)c2)s1. The summed E-state index contributed by atoms with van der Waals surface area (Å²) in [5.41, 5.74) is 1.01. The average Bonchev–Trinajstić information content (AvgIpc) is 2.69. The second-order valence-corrected chi connectivity index (χ2v) is 6.31. The first-order chi connectivity index (χ1) is 9.68. The highest BCUT2D eigenvalue weighted by Gasteiger charge is 2.32. The number of rotatable bonds is 3. The predicted octanol–water partition coefficient (Wildman–Crippen LogP) is 5.26. The number of thiazole rings is 1. The first kappa shape index (κ1) is 15.8. The molecule has 0 spiro atoms. The van der Waals surface area contributed by atoms with Crippen molar-refractivity contribution in [3.05, 3.63) is 44.9 Å². The van der Waals surface area contributed by atoms with E-state index in [1.165, 1.54) is 13.0 Å². The number of anilines is 1. The van der Waals surface area contributed by atoms with E-state index < -0.39 is 11.7 Å². The Balaban J connectivity index is 2.26. The van der Waals surface area contributed by atoms with Crippen LogP contribution < -0.4 is 5.32 Å². The Bertz CT molecular complexity index is 647. The Hall–Kier alpha value is -1.56. The van der Waals surface area contributed by atoms with Crippen LogP contribution in [-0.2, 0) is 6.18 Å². The average molecular weight is 314 g/mol. The Morgan fingerprint density at radius 3 is 2.38 bits per heavy atom. The highest BCUT2D eigenvalue weighted by molar-refractivity contribution is 7.11. The van der Waals surface area contributed by atoms with Crippen LogP contribution in [0.15, 0.2) is 18.2 Å². The highest BCUT2D eigenvalue weighted by atomic mass is 32.1. The molecule has 0 amide bonds. The smallest absolute Gasteiger partial charge is 0.378 e. The molecule has 1 atom stereocenters. The molecule has 0 bridgehead atoms. The van der Waals surface area contributed by atoms with E-state index >= 15 is 0 Å². The van der Waals surface area contributed by atoms with Crippen molar-refractivity contribution in [1.82, 2.24) is 4.98 Å². The van der Waals surface area contributed by atoms with Gasteiger partial charge in [0.25, 0.3) is 0 Å². The number of alkyl halides is 3. The van der Waals surface area contributed by atoms with Crippen LogP contribution in [0, 0.1) is 20.8 Å². The van der Waals surface area contributed by atoms with E-state index in [1.54, 1.807) is 17.4 Å². The second kappa shape index (κ2) is 5.67. The van der Waals surface area contributed by atoms with Crippen LogP contribution in [0.4, 0.5) is 18.9 Å². The van der Waals surface area contributed by atoms with Crippen LogP contribution in [0.2, 0.25) is 0 Å². The van der Waals surface area contributed by atoms with Crippen molar-refractivity contribution >= 4 is 17.0 Å². The molecule has 0 aliphatic rings. The van der Waals surface area contributed by atoms with Crippen LogP contribution in [0.3, 0.4) is 0 Å². The van der Waals surface area contributed by atoms with Gasteiger partial charge in [-0.1, -0.05) is 6.07 Å². The zero-order chi connectivity index (χ0) is 15.8. The number of hydrogen-bond acceptors (Lipinski definition) is 3. The van der Waals surface area contributed by atoms with Crippen LogP contribution in [0.25, 0.3) is 0 Å². The lowest BCUT2D eigenvalue weighted by Gasteiger charge is -2.17. The summed E-state index contributed by atoms with van der Waals surface area (Å²) in [6.45, 7) is 7.22. The van der Waals surface area contributed by atoms with Crippen molar-refractivity contribution in [2.24, 2.45) is 0 Å². The number of nitrogens with one attached hydrogen (secondary N) is 1. The Morgan fingerprint density at radius 1 is 1.19 bits per heavy atom. The molecule has 21 heavy (non-hydrogen) atoms. The predicted molar refractivity (Wildman–Crippen MR) is 79.8 cm³/mol. The fourth-order valence-electron chi connectivity index (χ4n) is 2.28. The largest absolute Gasteiger partial charge is 0.416 e. The maximum atomic E-state index is 12.9. The molecular formula is C15H17F3N2S. The van der Waals surface area contributed by atoms with Crippen molar-refractivity contribution in [3.63, 3.8) is 0 Å². The van der Waals surface area contributed by atoms with Gasteiger partial charge < -0.3 is 5.32 Å². The zero-order valence-corrected chi connectivity index (χ0v) is 13.1. The maximum Gasteiger partial charge on any atom is 0.416 e. The van der Waals surface area contributed by atoms with Gasteiger partial charge in [-0.25, -0.2) is 4.98 Å². The van der Waals surface area contributed by atoms with Crippen LogP contribution in [0.5, 0.6) is 0 Å². The van der Waals surface area contributed by atoms with Crippen molar-refractivity contribution in [2.45, 2.75) is 39.9 Å². The lowest BCUT2D eigenvalue weighted by atomic mass is 10.1. The van der Waals surface area contributed by atoms with Gasteiger partial charge in [0.1, 0.15) is 0 Å². The Labute approximate surface area is 126 Å². The lowest BCUT2D eigenvalue weighted by molar-refractivity contribution is -0.138. The molecule has 6 heteroatoms. The van der Waals surface area contributed by atoms with Gasteiger partial charge in [-0.05, 0) is 45.4 Å². The van der Waals surface area contributed by atoms with Gasteiger partial charge in [0.15, 0.2) is 0 Å². The standard InChI is InChI=1S/C15H17F3N2S/c1-8-5-6-12(7-13(8)15(16,17)18)20-10(3)14-9(2)19-11(4)21-14/h5-7,10,20H,1-4H3. The van der Waals surface area contributed by atoms with E-state index in [2.05, 4.69) is 10.3 Å². The van der Waals surface area contributed by atoms with Gasteiger partial charge in [0.05, 0.1) is 22.3 Å². The molecule has 1 unspecified atom stereocenters. The molecule has 0 aliphatic heterocycles. The summed E-state index contributed by atoms with van der Waals surface area (Å²) in [5, 5.41) is 4.08. The molecule has 1 aromatic carbocycles. The molecule has 2 nitrogen and oxygen atoms in total. The third-order valence-electron chi connectivity index (χ3n) is 3.26.